The molecule has 1 fully saturated rings. The first-order chi connectivity index (χ1) is 8.62. The van der Waals surface area contributed by atoms with Gasteiger partial charge >= 0.3 is 0 Å². The van der Waals surface area contributed by atoms with Crippen molar-refractivity contribution in [1.82, 2.24) is 5.43 Å². The third kappa shape index (κ3) is 2.14. The molecule has 96 valence electrons. The van der Waals surface area contributed by atoms with E-state index in [2.05, 4.69) is 5.32 Å². The number of methoxy groups -OCH3 is 1. The molecule has 0 spiro atoms. The summed E-state index contributed by atoms with van der Waals surface area (Å²) in [5.41, 5.74) is 1.66. The summed E-state index contributed by atoms with van der Waals surface area (Å²) in [6, 6.07) is 6.90. The molecule has 0 atom stereocenters. The van der Waals surface area contributed by atoms with Gasteiger partial charge in [0.05, 0.1) is 7.11 Å². The van der Waals surface area contributed by atoms with Crippen LogP contribution in [0.15, 0.2) is 24.3 Å². The summed E-state index contributed by atoms with van der Waals surface area (Å²) < 4.78 is 5.02. The van der Waals surface area contributed by atoms with Gasteiger partial charge in [0, 0.05) is 5.69 Å². The first-order valence-electron chi connectivity index (χ1n) is 5.59. The first-order valence-corrected chi connectivity index (χ1v) is 5.59. The second-order valence-electron chi connectivity index (χ2n) is 4.24. The number of carbonyl (C=O) groups is 2. The highest BCUT2D eigenvalue weighted by Gasteiger charge is 2.56. The maximum Gasteiger partial charge on any atom is 0.249 e. The van der Waals surface area contributed by atoms with E-state index in [9.17, 15) is 9.59 Å². The van der Waals surface area contributed by atoms with Gasteiger partial charge in [-0.1, -0.05) is 0 Å². The van der Waals surface area contributed by atoms with Crippen LogP contribution in [0.25, 0.3) is 0 Å². The second kappa shape index (κ2) is 4.66. The zero-order valence-corrected chi connectivity index (χ0v) is 10.0. The molecule has 1 aliphatic rings. The van der Waals surface area contributed by atoms with Gasteiger partial charge in [-0.25, -0.2) is 5.84 Å². The predicted octanol–water partition coefficient (Wildman–Crippen LogP) is 0.404. The number of hydrogen-bond acceptors (Lipinski definition) is 4. The van der Waals surface area contributed by atoms with Crippen LogP contribution >= 0.6 is 0 Å². The van der Waals surface area contributed by atoms with Crippen LogP contribution in [0.5, 0.6) is 5.75 Å². The minimum atomic E-state index is -0.991. The fraction of sp³-hybridized carbons (Fsp3) is 0.333. The monoisotopic (exact) mass is 249 g/mol. The maximum atomic E-state index is 12.0. The smallest absolute Gasteiger partial charge is 0.249 e. The molecule has 0 unspecified atom stereocenters. The van der Waals surface area contributed by atoms with Crippen molar-refractivity contribution in [2.45, 2.75) is 12.8 Å². The summed E-state index contributed by atoms with van der Waals surface area (Å²) in [5, 5.41) is 2.70. The summed E-state index contributed by atoms with van der Waals surface area (Å²) in [5.74, 6) is 5.01. The molecule has 6 heteroatoms. The molecule has 18 heavy (non-hydrogen) atoms. The zero-order chi connectivity index (χ0) is 13.2. The molecule has 0 heterocycles. The normalized spacial score (nSPS) is 15.7. The number of amides is 2. The van der Waals surface area contributed by atoms with Crippen molar-refractivity contribution in [3.8, 4) is 5.75 Å². The summed E-state index contributed by atoms with van der Waals surface area (Å²) in [6.07, 6.45) is 1.05. The van der Waals surface area contributed by atoms with Gasteiger partial charge in [0.15, 0.2) is 0 Å². The van der Waals surface area contributed by atoms with E-state index in [0.717, 1.165) is 0 Å². The van der Waals surface area contributed by atoms with Crippen molar-refractivity contribution in [1.29, 1.82) is 0 Å². The van der Waals surface area contributed by atoms with Crippen LogP contribution in [0.4, 0.5) is 5.69 Å². The highest BCUT2D eigenvalue weighted by molar-refractivity contribution is 6.12. The lowest BCUT2D eigenvalue weighted by atomic mass is 10.1. The van der Waals surface area contributed by atoms with Gasteiger partial charge in [-0.05, 0) is 37.1 Å². The standard InChI is InChI=1S/C12H15N3O3/c1-18-9-4-2-8(3-5-9)14-10(16)12(6-7-12)11(17)15-13/h2-5H,6-7,13H2,1H3,(H,14,16)(H,15,17). The molecule has 2 rings (SSSR count). The third-order valence-corrected chi connectivity index (χ3v) is 3.10. The van der Waals surface area contributed by atoms with Crippen LogP contribution < -0.4 is 21.3 Å². The number of nitrogens with two attached hydrogens (primary N) is 1. The highest BCUT2D eigenvalue weighted by atomic mass is 16.5. The van der Waals surface area contributed by atoms with E-state index in [1.165, 1.54) is 0 Å². The largest absolute Gasteiger partial charge is 0.497 e. The fourth-order valence-electron chi connectivity index (χ4n) is 1.75. The molecule has 6 nitrogen and oxygen atoms in total. The number of ether oxygens (including phenoxy) is 1. The Hall–Kier alpha value is -2.08. The minimum Gasteiger partial charge on any atom is -0.497 e. The van der Waals surface area contributed by atoms with Crippen LogP contribution in [-0.4, -0.2) is 18.9 Å². The van der Waals surface area contributed by atoms with Gasteiger partial charge in [0.25, 0.3) is 0 Å². The van der Waals surface area contributed by atoms with Gasteiger partial charge in [0.2, 0.25) is 11.8 Å². The Morgan fingerprint density at radius 1 is 1.22 bits per heavy atom. The van der Waals surface area contributed by atoms with E-state index in [1.54, 1.807) is 31.4 Å². The zero-order valence-electron chi connectivity index (χ0n) is 10.0. The molecule has 0 radical (unpaired) electrons. The maximum absolute atomic E-state index is 12.0. The molecular formula is C12H15N3O3. The first kappa shape index (κ1) is 12.4. The average Bonchev–Trinajstić information content (AvgIpc) is 3.20. The van der Waals surface area contributed by atoms with E-state index in [-0.39, 0.29) is 5.91 Å². The van der Waals surface area contributed by atoms with Gasteiger partial charge in [-0.3, -0.25) is 15.0 Å². The topological polar surface area (TPSA) is 93.4 Å². The second-order valence-corrected chi connectivity index (χ2v) is 4.24. The Labute approximate surface area is 104 Å². The highest BCUT2D eigenvalue weighted by Crippen LogP contribution is 2.46. The molecular weight excluding hydrogens is 234 g/mol. The van der Waals surface area contributed by atoms with E-state index in [0.29, 0.717) is 24.3 Å². The molecule has 1 saturated carbocycles. The molecule has 2 amide bonds. The Balaban J connectivity index is 2.05. The van der Waals surface area contributed by atoms with E-state index in [1.807, 2.05) is 5.43 Å². The van der Waals surface area contributed by atoms with Crippen molar-refractivity contribution in [3.63, 3.8) is 0 Å². The molecule has 0 aliphatic heterocycles. The minimum absolute atomic E-state index is 0.324. The van der Waals surface area contributed by atoms with Crippen molar-refractivity contribution < 1.29 is 14.3 Å². The van der Waals surface area contributed by atoms with Crippen LogP contribution in [0.2, 0.25) is 0 Å². The Morgan fingerprint density at radius 3 is 2.28 bits per heavy atom. The summed E-state index contributed by atoms with van der Waals surface area (Å²) >= 11 is 0. The number of hydrazine groups is 1. The number of anilines is 1. The summed E-state index contributed by atoms with van der Waals surface area (Å²) in [7, 11) is 1.57. The number of nitrogens with one attached hydrogen (secondary N) is 2. The molecule has 0 saturated heterocycles. The molecule has 0 aromatic heterocycles. The number of rotatable bonds is 4. The average molecular weight is 249 g/mol. The quantitative estimate of drug-likeness (QED) is 0.312. The van der Waals surface area contributed by atoms with Gasteiger partial charge in [0.1, 0.15) is 11.2 Å². The molecule has 4 N–H and O–H groups in total. The third-order valence-electron chi connectivity index (χ3n) is 3.10. The summed E-state index contributed by atoms with van der Waals surface area (Å²) in [4.78, 5) is 23.5. The fourth-order valence-corrected chi connectivity index (χ4v) is 1.75. The van der Waals surface area contributed by atoms with Crippen LogP contribution in [0.1, 0.15) is 12.8 Å². The number of carbonyl (C=O) groups excluding carboxylic acids is 2. The van der Waals surface area contributed by atoms with E-state index >= 15 is 0 Å². The Kier molecular flexibility index (Phi) is 3.20. The van der Waals surface area contributed by atoms with Gasteiger partial charge < -0.3 is 10.1 Å². The van der Waals surface area contributed by atoms with Crippen LogP contribution in [0.3, 0.4) is 0 Å². The lowest BCUT2D eigenvalue weighted by Crippen LogP contribution is -2.43. The van der Waals surface area contributed by atoms with Crippen molar-refractivity contribution in [2.75, 3.05) is 12.4 Å². The van der Waals surface area contributed by atoms with E-state index < -0.39 is 11.3 Å². The molecule has 1 aromatic rings. The number of benzene rings is 1. The Morgan fingerprint density at radius 2 is 1.83 bits per heavy atom. The van der Waals surface area contributed by atoms with Crippen LogP contribution in [-0.2, 0) is 9.59 Å². The van der Waals surface area contributed by atoms with Crippen molar-refractivity contribution in [3.05, 3.63) is 24.3 Å². The SMILES string of the molecule is COc1ccc(NC(=O)C2(C(=O)NN)CC2)cc1. The van der Waals surface area contributed by atoms with Crippen molar-refractivity contribution in [2.24, 2.45) is 11.3 Å². The molecule has 1 aromatic carbocycles. The number of hydrogen-bond donors (Lipinski definition) is 3. The van der Waals surface area contributed by atoms with Crippen LogP contribution in [0, 0.1) is 5.41 Å². The predicted molar refractivity (Wildman–Crippen MR) is 65.6 cm³/mol. The Bertz CT molecular complexity index is 466. The lowest BCUT2D eigenvalue weighted by molar-refractivity contribution is -0.134. The van der Waals surface area contributed by atoms with Gasteiger partial charge in [-0.2, -0.15) is 0 Å². The summed E-state index contributed by atoms with van der Waals surface area (Å²) in [6.45, 7) is 0. The van der Waals surface area contributed by atoms with E-state index in [4.69, 9.17) is 10.6 Å². The lowest BCUT2D eigenvalue weighted by Gasteiger charge is -2.13. The molecule has 0 bridgehead atoms. The molecule has 1 aliphatic carbocycles. The van der Waals surface area contributed by atoms with Crippen molar-refractivity contribution >= 4 is 17.5 Å². The van der Waals surface area contributed by atoms with Gasteiger partial charge in [-0.15, -0.1) is 0 Å².